The number of amides is 1. The number of benzene rings is 4. The maximum Gasteiger partial charge on any atom is 0.220 e. The van der Waals surface area contributed by atoms with Crippen molar-refractivity contribution in [2.75, 3.05) is 69.9 Å². The number of aliphatic imine (C=N–C) groups is 1. The van der Waals surface area contributed by atoms with Crippen molar-refractivity contribution >= 4 is 137 Å². The number of halogens is 3. The summed E-state index contributed by atoms with van der Waals surface area (Å²) < 4.78 is 53.2. The number of nitrogen functional groups attached to an aromatic ring is 1. The number of aryl methyl sites for hydroxylation is 7. The second kappa shape index (κ2) is 43.0. The number of ketones is 2. The Labute approximate surface area is 816 Å². The van der Waals surface area contributed by atoms with Gasteiger partial charge < -0.3 is 60.6 Å². The van der Waals surface area contributed by atoms with Crippen LogP contribution in [0.3, 0.4) is 0 Å². The van der Waals surface area contributed by atoms with Crippen LogP contribution in [0.15, 0.2) is 127 Å². The minimum Gasteiger partial charge on any atom is -0.492 e. The molecule has 4 aliphatic heterocycles. The van der Waals surface area contributed by atoms with Gasteiger partial charge in [0.25, 0.3) is 0 Å². The van der Waals surface area contributed by atoms with Gasteiger partial charge in [0.15, 0.2) is 39.9 Å². The number of hydrogen-bond donors (Lipinski definition) is 5. The smallest absolute Gasteiger partial charge is 0.220 e. The van der Waals surface area contributed by atoms with E-state index in [-0.39, 0.29) is 53.9 Å². The van der Waals surface area contributed by atoms with Crippen LogP contribution in [0.1, 0.15) is 180 Å². The third-order valence-corrected chi connectivity index (χ3v) is 25.1. The Morgan fingerprint density at radius 3 is 1.14 bits per heavy atom. The van der Waals surface area contributed by atoms with Crippen molar-refractivity contribution < 1.29 is 47.5 Å². The number of nitrogens with two attached hydrogens (primary N) is 2. The van der Waals surface area contributed by atoms with E-state index in [0.29, 0.717) is 103 Å². The van der Waals surface area contributed by atoms with Crippen molar-refractivity contribution in [1.29, 1.82) is 0 Å². The van der Waals surface area contributed by atoms with Gasteiger partial charge in [0, 0.05) is 68.6 Å². The number of carbonyl (C=O) groups excluding carboxylic acids is 3. The monoisotopic (exact) mass is 1940 g/mol. The quantitative estimate of drug-likeness (QED) is 0.0277. The van der Waals surface area contributed by atoms with Gasteiger partial charge in [0.1, 0.15) is 152 Å². The summed E-state index contributed by atoms with van der Waals surface area (Å²) in [5.74, 6) is 8.80. The molecule has 3 saturated carbocycles. The number of Topliss-reactive ketones (excluding diaryl/α,β-unsaturated/α-hetero) is 2. The highest BCUT2D eigenvalue weighted by molar-refractivity contribution is 6.37. The fourth-order valence-corrected chi connectivity index (χ4v) is 17.9. The molecule has 0 spiro atoms. The Morgan fingerprint density at radius 2 is 0.770 bits per heavy atom. The molecule has 3 atom stereocenters. The number of fused-ring (bicyclic) bond motifs is 4. The number of nitrogens with one attached hydrogen (secondary N) is 3. The van der Waals surface area contributed by atoms with E-state index in [0.717, 1.165) is 236 Å². The van der Waals surface area contributed by atoms with Crippen molar-refractivity contribution in [2.45, 2.75) is 190 Å². The van der Waals surface area contributed by atoms with Crippen molar-refractivity contribution in [2.24, 2.45) is 28.5 Å². The Bertz CT molecular complexity index is 7050. The summed E-state index contributed by atoms with van der Waals surface area (Å²) >= 11 is 18.5. The summed E-state index contributed by atoms with van der Waals surface area (Å²) in [4.78, 5) is 89.3. The second-order valence-electron chi connectivity index (χ2n) is 34.9. The van der Waals surface area contributed by atoms with Gasteiger partial charge in [0.05, 0.1) is 90.4 Å². The van der Waals surface area contributed by atoms with Crippen LogP contribution < -0.4 is 46.4 Å². The highest BCUT2D eigenvalue weighted by Crippen LogP contribution is 2.45. The van der Waals surface area contributed by atoms with Crippen LogP contribution in [-0.2, 0) is 47.9 Å². The van der Waals surface area contributed by atoms with Gasteiger partial charge in [-0.05, 0) is 218 Å². The molecule has 7 N–H and O–H groups in total. The lowest BCUT2D eigenvalue weighted by molar-refractivity contribution is -0.120. The molecular weight excluding hydrogens is 1840 g/mol. The van der Waals surface area contributed by atoms with E-state index in [4.69, 9.17) is 104 Å². The number of ether oxygens (including phenoxy) is 7. The maximum atomic E-state index is 12.7. The number of hydrogen-bond acceptors (Lipinski definition) is 30. The predicted octanol–water partition coefficient (Wildman–Crippen LogP) is 18.0. The fraction of sp³-hybridized carbons (Fsp3) is 0.398. The average Bonchev–Trinajstić information content (AvgIpc) is 1.62. The zero-order valence-electron chi connectivity index (χ0n) is 79.5. The van der Waals surface area contributed by atoms with E-state index in [9.17, 15) is 14.4 Å². The van der Waals surface area contributed by atoms with Crippen LogP contribution in [0.25, 0.3) is 56.2 Å². The van der Waals surface area contributed by atoms with E-state index >= 15 is 0 Å². The van der Waals surface area contributed by atoms with Crippen molar-refractivity contribution in [3.05, 3.63) is 196 Å². The maximum absolute atomic E-state index is 12.7. The van der Waals surface area contributed by atoms with Gasteiger partial charge in [-0.1, -0.05) is 59.1 Å². The number of methoxy groups -OCH3 is 4. The highest BCUT2D eigenvalue weighted by Gasteiger charge is 2.35. The molecule has 6 fully saturated rings. The van der Waals surface area contributed by atoms with Crippen LogP contribution in [0.2, 0.25) is 15.3 Å². The van der Waals surface area contributed by atoms with Crippen molar-refractivity contribution in [3.8, 4) is 45.7 Å². The first kappa shape index (κ1) is 96.8. The van der Waals surface area contributed by atoms with Gasteiger partial charge in [-0.2, -0.15) is 20.4 Å². The van der Waals surface area contributed by atoms with Crippen LogP contribution in [0.4, 0.5) is 45.5 Å². The van der Waals surface area contributed by atoms with Crippen LogP contribution in [0, 0.1) is 66.2 Å². The molecule has 1 amide bonds. The van der Waals surface area contributed by atoms with Crippen LogP contribution in [0.5, 0.6) is 23.0 Å². The molecule has 38 nitrogen and oxygen atoms in total. The molecule has 0 bridgehead atoms. The molecule has 15 aromatic rings. The molecule has 0 radical (unpaired) electrons. The Kier molecular flexibility index (Phi) is 29.9. The first-order valence-electron chi connectivity index (χ1n) is 46.5. The number of anilines is 7. The highest BCUT2D eigenvalue weighted by atomic mass is 35.5. The van der Waals surface area contributed by atoms with E-state index in [2.05, 4.69) is 75.8 Å². The zero-order valence-corrected chi connectivity index (χ0v) is 81.8. The van der Waals surface area contributed by atoms with Crippen LogP contribution >= 0.6 is 34.8 Å². The number of aromatic nitrogens is 22. The zero-order chi connectivity index (χ0) is 97.4. The number of pyridine rings is 4. The Balaban J connectivity index is 0.000000122. The van der Waals surface area contributed by atoms with E-state index in [1.165, 1.54) is 0 Å². The molecule has 15 heterocycles. The Hall–Kier alpha value is -13.9. The summed E-state index contributed by atoms with van der Waals surface area (Å²) in [6.07, 6.45) is 23.2. The Morgan fingerprint density at radius 1 is 0.410 bits per heavy atom. The third-order valence-electron chi connectivity index (χ3n) is 24.4. The molecule has 4 aromatic carbocycles. The average molecular weight is 1950 g/mol. The largest absolute Gasteiger partial charge is 0.492 e. The number of rotatable bonds is 24. The first-order chi connectivity index (χ1) is 67.3. The van der Waals surface area contributed by atoms with Gasteiger partial charge in [-0.3, -0.25) is 38.1 Å². The van der Waals surface area contributed by atoms with Gasteiger partial charge in [-0.15, -0.1) is 0 Å². The molecule has 7 aliphatic rings. The minimum atomic E-state index is -0.130. The molecule has 724 valence electrons. The topological polar surface area (TPSA) is 444 Å². The van der Waals surface area contributed by atoms with Gasteiger partial charge >= 0.3 is 0 Å². The lowest BCUT2D eigenvalue weighted by Crippen LogP contribution is -2.19. The van der Waals surface area contributed by atoms with E-state index in [1.54, 1.807) is 90.7 Å². The number of carbonyl (C=O) groups is 3. The summed E-state index contributed by atoms with van der Waals surface area (Å²) in [5.41, 5.74) is 27.5. The molecule has 139 heavy (non-hydrogen) atoms. The predicted molar refractivity (Wildman–Crippen MR) is 529 cm³/mol. The number of para-hydroxylation sites is 4. The molecule has 3 unspecified atom stereocenters. The summed E-state index contributed by atoms with van der Waals surface area (Å²) in [6, 6.07) is 30.2. The van der Waals surface area contributed by atoms with Crippen LogP contribution in [-0.4, -0.2) is 179 Å². The fourth-order valence-electron chi connectivity index (χ4n) is 17.2. The first-order valence-corrected chi connectivity index (χ1v) is 47.6. The number of primary amides is 1. The third kappa shape index (κ3) is 22.4. The summed E-state index contributed by atoms with van der Waals surface area (Å²) in [5, 5.41) is 29.2. The molecule has 3 aliphatic carbocycles. The second-order valence-corrected chi connectivity index (χ2v) is 36.1. The molecule has 11 aromatic heterocycles. The molecular formula is C98H111Cl3N28O10. The summed E-state index contributed by atoms with van der Waals surface area (Å²) in [6.45, 7) is 17.5. The normalized spacial score (nSPS) is 16.5. The number of imidazole rings is 3. The van der Waals surface area contributed by atoms with Gasteiger partial charge in [0.2, 0.25) is 5.91 Å². The molecule has 22 rings (SSSR count). The van der Waals surface area contributed by atoms with Crippen molar-refractivity contribution in [3.63, 3.8) is 0 Å². The minimum absolute atomic E-state index is 0.00853. The van der Waals surface area contributed by atoms with E-state index < -0.39 is 0 Å². The molecule has 41 heteroatoms. The standard InChI is InChI=1S/C27H31N7O3.C23H24N6O2.C22H24ClN7O2.C12H13Cl2N3O.C10H12N4O.C4H7NO/c1-16-28-15-33(32-16)22-8-6-7-20(26(22)36-3)31-21-13-19(14-23(35)18-10-11-18)30-27-25(21)29-17(2)34(27)24-9-4-5-12-37-24;1-13-9-18-22(25-13)19(10-16(26-18)11-21(30)15-7-8-15)27-17-5-4-6-20(23(17)31-3)29-12-24-14(2)28-29;1-13-24-12-29(28-13)17-8-6-7-15(21(17)31-3)26-16-11-18(23)27-22-20(16)25-14(2)30(22)19-9-4-5-10-32-19;1-7-15-11-8(13)6-9(14)16-12(11)17(7)10-4-2-3-5-18-10;1-7-12-6-14(13-7)9-5-3-4-8(11)10(9)15-2;5-4(6)3-1-2-3/h6-8,13,15,18,24H,4-5,9-12,14H2,1-3H3,(H,30,31);4-6,10,12,15H,7-9,11H2,1-3H3,(H,26,27);6-8,11-12,19H,4-5,9-10H2,1-3H3,(H,26,27);6,10H,2-5H2,1H3;3-6H,11H2,1-2H3;3H,1-2H2,(H2,5,6). The van der Waals surface area contributed by atoms with E-state index in [1.807, 2.05) is 143 Å². The summed E-state index contributed by atoms with van der Waals surface area (Å²) in [7, 11) is 6.48. The molecule has 3 saturated heterocycles. The van der Waals surface area contributed by atoms with Gasteiger partial charge in [-0.25, -0.2) is 68.6 Å². The van der Waals surface area contributed by atoms with Crippen molar-refractivity contribution in [1.82, 2.24) is 108 Å². The lowest BCUT2D eigenvalue weighted by Gasteiger charge is -2.25. The SMILES string of the molecule is COc1c(N)cccc1-n1cnc(C)n1.COc1c(Nc2cc(CC(=O)C3CC3)nc3c2N=C(C)C3)cccc1-n1cnc(C)n1.COc1c(Nc2cc(CC(=O)C3CC3)nc3c2nc(C)n3C2CCCCO2)cccc1-n1cnc(C)n1.COc1c(Nc2cc(Cl)nc3c2nc(C)n3C2CCCCO2)cccc1-n1cnc(C)n1.Cc1nc2c(Cl)cc(Cl)nc2n1C1CCCCO1.NC(=O)C1CC1. The lowest BCUT2D eigenvalue weighted by atomic mass is 10.1. The number of nitrogens with zero attached hydrogens (tertiary/aromatic N) is 23.